The molecule has 1 aromatic rings. The molecule has 2 N–H and O–H groups in total. The summed E-state index contributed by atoms with van der Waals surface area (Å²) in [5.41, 5.74) is 1.17. The summed E-state index contributed by atoms with van der Waals surface area (Å²) >= 11 is 3.21. The fraction of sp³-hybridized carbons (Fsp3) is 0.385. The van der Waals surface area contributed by atoms with E-state index in [1.54, 1.807) is 18.7 Å². The Morgan fingerprint density at radius 3 is 2.42 bits per heavy atom. The van der Waals surface area contributed by atoms with E-state index in [1.165, 1.54) is 29.3 Å². The lowest BCUT2D eigenvalue weighted by Crippen LogP contribution is -2.41. The van der Waals surface area contributed by atoms with Crippen molar-refractivity contribution in [2.75, 3.05) is 13.3 Å². The van der Waals surface area contributed by atoms with Gasteiger partial charge in [-0.25, -0.2) is 4.79 Å². The normalized spacial score (nSPS) is 11.7. The van der Waals surface area contributed by atoms with Crippen LogP contribution in [0.1, 0.15) is 12.5 Å². The van der Waals surface area contributed by atoms with Crippen LogP contribution < -0.4 is 10.6 Å². The second-order valence-electron chi connectivity index (χ2n) is 3.87. The second-order valence-corrected chi connectivity index (χ2v) is 6.08. The Balaban J connectivity index is 2.42. The number of urea groups is 1. The molecule has 4 nitrogen and oxygen atoms in total. The highest BCUT2D eigenvalue weighted by Gasteiger charge is 2.15. The smallest absolute Gasteiger partial charge is 0.321 e. The van der Waals surface area contributed by atoms with Gasteiger partial charge in [-0.3, -0.25) is 10.1 Å². The summed E-state index contributed by atoms with van der Waals surface area (Å²) in [5, 5.41) is 4.36. The van der Waals surface area contributed by atoms with Gasteiger partial charge in [0.2, 0.25) is 5.91 Å². The number of nitrogens with one attached hydrogen (secondary N) is 2. The first-order valence-corrected chi connectivity index (χ1v) is 8.11. The van der Waals surface area contributed by atoms with Crippen molar-refractivity contribution in [3.8, 4) is 0 Å². The highest BCUT2D eigenvalue weighted by Crippen LogP contribution is 2.20. The summed E-state index contributed by atoms with van der Waals surface area (Å²) in [6.45, 7) is 1.79. The maximum absolute atomic E-state index is 11.6. The predicted molar refractivity (Wildman–Crippen MR) is 81.6 cm³/mol. The largest absolute Gasteiger partial charge is 0.341 e. The Hall–Kier alpha value is -1.14. The predicted octanol–water partition coefficient (Wildman–Crippen LogP) is 2.49. The molecule has 0 aliphatic heterocycles. The monoisotopic (exact) mass is 298 g/mol. The first-order chi connectivity index (χ1) is 9.06. The molecule has 1 rings (SSSR count). The molecule has 0 aromatic heterocycles. The van der Waals surface area contributed by atoms with Crippen molar-refractivity contribution >= 4 is 35.5 Å². The first kappa shape index (κ1) is 15.9. The lowest BCUT2D eigenvalue weighted by molar-refractivity contribution is -0.119. The van der Waals surface area contributed by atoms with Gasteiger partial charge in [0.15, 0.2) is 0 Å². The third-order valence-electron chi connectivity index (χ3n) is 2.49. The lowest BCUT2D eigenvalue weighted by atomic mass is 10.2. The summed E-state index contributed by atoms with van der Waals surface area (Å²) < 4.78 is 0. The van der Waals surface area contributed by atoms with E-state index in [0.29, 0.717) is 0 Å². The number of hydrogen-bond donors (Lipinski definition) is 2. The van der Waals surface area contributed by atoms with E-state index < -0.39 is 6.03 Å². The molecule has 0 saturated heterocycles. The van der Waals surface area contributed by atoms with Crippen molar-refractivity contribution in [1.29, 1.82) is 0 Å². The quantitative estimate of drug-likeness (QED) is 0.820. The van der Waals surface area contributed by atoms with Crippen molar-refractivity contribution in [3.63, 3.8) is 0 Å². The van der Waals surface area contributed by atoms with Crippen LogP contribution in [0.5, 0.6) is 0 Å². The van der Waals surface area contributed by atoms with E-state index >= 15 is 0 Å². The Labute approximate surface area is 122 Å². The van der Waals surface area contributed by atoms with Gasteiger partial charge in [0.1, 0.15) is 0 Å². The Bertz CT molecular complexity index is 435. The molecule has 3 amide bonds. The molecular formula is C13H18N2O2S2. The number of hydrogen-bond acceptors (Lipinski definition) is 4. The SMILES string of the molecule is CNC(=O)NC(=O)[C@H](C)SCc1ccc(SC)cc1. The van der Waals surface area contributed by atoms with Crippen LogP contribution in [-0.2, 0) is 10.5 Å². The molecule has 0 radical (unpaired) electrons. The van der Waals surface area contributed by atoms with Crippen LogP contribution >= 0.6 is 23.5 Å². The molecule has 0 fully saturated rings. The van der Waals surface area contributed by atoms with Gasteiger partial charge in [0.05, 0.1) is 5.25 Å². The highest BCUT2D eigenvalue weighted by molar-refractivity contribution is 7.99. The molecule has 0 saturated carbocycles. The molecule has 104 valence electrons. The summed E-state index contributed by atoms with van der Waals surface area (Å²) in [7, 11) is 1.48. The molecule has 0 bridgehead atoms. The highest BCUT2D eigenvalue weighted by atomic mass is 32.2. The zero-order chi connectivity index (χ0) is 14.3. The van der Waals surface area contributed by atoms with Crippen LogP contribution in [0.2, 0.25) is 0 Å². The van der Waals surface area contributed by atoms with Crippen molar-refractivity contribution in [1.82, 2.24) is 10.6 Å². The van der Waals surface area contributed by atoms with Crippen molar-refractivity contribution in [2.45, 2.75) is 22.8 Å². The van der Waals surface area contributed by atoms with E-state index in [9.17, 15) is 9.59 Å². The summed E-state index contributed by atoms with van der Waals surface area (Å²) in [6, 6.07) is 7.78. The van der Waals surface area contributed by atoms with Gasteiger partial charge >= 0.3 is 6.03 Å². The molecular weight excluding hydrogens is 280 g/mol. The maximum atomic E-state index is 11.6. The standard InChI is InChI=1S/C13H18N2O2S2/c1-9(12(16)15-13(17)14-2)19-8-10-4-6-11(18-3)7-5-10/h4-7,9H,8H2,1-3H3,(H2,14,15,16,17)/t9-/m0/s1. The van der Waals surface area contributed by atoms with Crippen LogP contribution in [0.4, 0.5) is 4.79 Å². The molecule has 6 heteroatoms. The third-order valence-corrected chi connectivity index (χ3v) is 4.45. The van der Waals surface area contributed by atoms with Gasteiger partial charge < -0.3 is 5.32 Å². The van der Waals surface area contributed by atoms with Gasteiger partial charge in [-0.15, -0.1) is 23.5 Å². The van der Waals surface area contributed by atoms with Gasteiger partial charge in [-0.2, -0.15) is 0 Å². The van der Waals surface area contributed by atoms with Gasteiger partial charge in [0.25, 0.3) is 0 Å². The van der Waals surface area contributed by atoms with Gasteiger partial charge in [-0.1, -0.05) is 12.1 Å². The van der Waals surface area contributed by atoms with Crippen LogP contribution in [0.3, 0.4) is 0 Å². The fourth-order valence-corrected chi connectivity index (χ4v) is 2.55. The number of rotatable bonds is 5. The minimum absolute atomic E-state index is 0.266. The summed E-state index contributed by atoms with van der Waals surface area (Å²) in [4.78, 5) is 23.9. The van der Waals surface area contributed by atoms with Gasteiger partial charge in [-0.05, 0) is 30.9 Å². The lowest BCUT2D eigenvalue weighted by Gasteiger charge is -2.11. The van der Waals surface area contributed by atoms with Crippen LogP contribution in [0.25, 0.3) is 0 Å². The van der Waals surface area contributed by atoms with E-state index in [1.807, 2.05) is 6.26 Å². The molecule has 0 heterocycles. The van der Waals surface area contributed by atoms with Crippen LogP contribution in [0, 0.1) is 0 Å². The van der Waals surface area contributed by atoms with Crippen LogP contribution in [-0.4, -0.2) is 30.5 Å². The molecule has 19 heavy (non-hydrogen) atoms. The Morgan fingerprint density at radius 1 is 1.26 bits per heavy atom. The Kier molecular flexibility index (Phi) is 6.80. The number of amides is 3. The second kappa shape index (κ2) is 8.12. The number of imide groups is 1. The van der Waals surface area contributed by atoms with Crippen molar-refractivity contribution < 1.29 is 9.59 Å². The number of carbonyl (C=O) groups excluding carboxylic acids is 2. The topological polar surface area (TPSA) is 58.2 Å². The number of carbonyl (C=O) groups is 2. The zero-order valence-electron chi connectivity index (χ0n) is 11.2. The molecule has 1 aromatic carbocycles. The molecule has 0 spiro atoms. The molecule has 1 atom stereocenters. The molecule has 0 aliphatic carbocycles. The van der Waals surface area contributed by atoms with E-state index in [0.717, 1.165) is 5.75 Å². The minimum atomic E-state index is -0.471. The first-order valence-electron chi connectivity index (χ1n) is 5.84. The minimum Gasteiger partial charge on any atom is -0.341 e. The van der Waals surface area contributed by atoms with E-state index in [4.69, 9.17) is 0 Å². The van der Waals surface area contributed by atoms with E-state index in [2.05, 4.69) is 34.9 Å². The van der Waals surface area contributed by atoms with Gasteiger partial charge in [0, 0.05) is 17.7 Å². The number of benzene rings is 1. The third kappa shape index (κ3) is 5.57. The average Bonchev–Trinajstić information content (AvgIpc) is 2.44. The summed E-state index contributed by atoms with van der Waals surface area (Å²) in [5.74, 6) is 0.474. The Morgan fingerprint density at radius 2 is 1.89 bits per heavy atom. The fourth-order valence-electron chi connectivity index (χ4n) is 1.29. The molecule has 0 unspecified atom stereocenters. The van der Waals surface area contributed by atoms with Crippen LogP contribution in [0.15, 0.2) is 29.2 Å². The zero-order valence-corrected chi connectivity index (χ0v) is 12.9. The number of thioether (sulfide) groups is 2. The summed E-state index contributed by atoms with van der Waals surface area (Å²) in [6.07, 6.45) is 2.04. The van der Waals surface area contributed by atoms with Crippen molar-refractivity contribution in [3.05, 3.63) is 29.8 Å². The van der Waals surface area contributed by atoms with Crippen molar-refractivity contribution in [2.24, 2.45) is 0 Å². The van der Waals surface area contributed by atoms with E-state index in [-0.39, 0.29) is 11.2 Å². The maximum Gasteiger partial charge on any atom is 0.321 e. The molecule has 0 aliphatic rings. The average molecular weight is 298 g/mol.